The topological polar surface area (TPSA) is 117 Å². The van der Waals surface area contributed by atoms with Crippen LogP contribution in [0.1, 0.15) is 18.7 Å². The fraction of sp³-hybridized carbons (Fsp3) is 0.286. The summed E-state index contributed by atoms with van der Waals surface area (Å²) in [7, 11) is 0. The molecule has 23 heavy (non-hydrogen) atoms. The van der Waals surface area contributed by atoms with Crippen molar-refractivity contribution in [3.63, 3.8) is 0 Å². The van der Waals surface area contributed by atoms with Crippen LogP contribution in [0.3, 0.4) is 0 Å². The van der Waals surface area contributed by atoms with Gasteiger partial charge in [0.25, 0.3) is 0 Å². The van der Waals surface area contributed by atoms with E-state index in [0.717, 1.165) is 0 Å². The first-order valence-corrected chi connectivity index (χ1v) is 7.24. The Hall–Kier alpha value is -2.61. The number of carboxylic acid groups (broad SMARTS) is 1. The molecule has 9 heteroatoms. The molecule has 0 fully saturated rings. The van der Waals surface area contributed by atoms with Gasteiger partial charge in [-0.1, -0.05) is 28.9 Å². The number of urea groups is 1. The molecule has 122 valence electrons. The summed E-state index contributed by atoms with van der Waals surface area (Å²) < 4.78 is 5.04. The van der Waals surface area contributed by atoms with Crippen LogP contribution in [0.15, 0.2) is 28.8 Å². The first-order valence-electron chi connectivity index (χ1n) is 6.86. The molecule has 3 N–H and O–H groups in total. The summed E-state index contributed by atoms with van der Waals surface area (Å²) in [5.41, 5.74) is 0.714. The van der Waals surface area contributed by atoms with Gasteiger partial charge in [-0.25, -0.2) is 4.79 Å². The first kappa shape index (κ1) is 16.8. The first-order chi connectivity index (χ1) is 11.0. The Bertz CT molecular complexity index is 689. The van der Waals surface area contributed by atoms with E-state index in [2.05, 4.69) is 20.8 Å². The lowest BCUT2D eigenvalue weighted by molar-refractivity contribution is -0.137. The van der Waals surface area contributed by atoms with Crippen LogP contribution in [0.2, 0.25) is 5.02 Å². The standard InChI is InChI=1S/C14H15ClN4O4/c15-10-4-1-3-9(7-10)13-18-11(23-19-13)8-17-14(22)16-6-2-5-12(20)21/h1,3-4,7H,2,5-6,8H2,(H,20,21)(H2,16,17,22). The third kappa shape index (κ3) is 5.59. The number of rotatable bonds is 7. The number of carboxylic acids is 1. The molecule has 0 spiro atoms. The summed E-state index contributed by atoms with van der Waals surface area (Å²) in [6, 6.07) is 6.58. The van der Waals surface area contributed by atoms with Crippen LogP contribution in [-0.4, -0.2) is 33.8 Å². The average Bonchev–Trinajstić information content (AvgIpc) is 2.98. The second-order valence-electron chi connectivity index (χ2n) is 4.63. The number of aromatic nitrogens is 2. The molecule has 1 heterocycles. The van der Waals surface area contributed by atoms with Crippen LogP contribution in [0.4, 0.5) is 4.79 Å². The van der Waals surface area contributed by atoms with Gasteiger partial charge in [0.05, 0.1) is 6.54 Å². The van der Waals surface area contributed by atoms with Gasteiger partial charge in [0, 0.05) is 23.6 Å². The monoisotopic (exact) mass is 338 g/mol. The summed E-state index contributed by atoms with van der Waals surface area (Å²) >= 11 is 5.90. The van der Waals surface area contributed by atoms with E-state index in [4.69, 9.17) is 21.2 Å². The lowest BCUT2D eigenvalue weighted by Crippen LogP contribution is -2.35. The summed E-state index contributed by atoms with van der Waals surface area (Å²) in [5.74, 6) is -0.265. The normalized spacial score (nSPS) is 10.3. The molecule has 2 aromatic rings. The minimum absolute atomic E-state index is 0.00688. The number of carbonyl (C=O) groups excluding carboxylic acids is 1. The van der Waals surface area contributed by atoms with Crippen molar-refractivity contribution in [2.75, 3.05) is 6.54 Å². The van der Waals surface area contributed by atoms with E-state index >= 15 is 0 Å². The molecule has 0 bridgehead atoms. The Balaban J connectivity index is 1.78. The number of aliphatic carboxylic acids is 1. The number of carbonyl (C=O) groups is 2. The van der Waals surface area contributed by atoms with Crippen molar-refractivity contribution in [2.45, 2.75) is 19.4 Å². The number of halogens is 1. The second-order valence-corrected chi connectivity index (χ2v) is 5.07. The van der Waals surface area contributed by atoms with Gasteiger partial charge >= 0.3 is 12.0 Å². The van der Waals surface area contributed by atoms with Gasteiger partial charge in [0.2, 0.25) is 11.7 Å². The Morgan fingerprint density at radius 1 is 1.30 bits per heavy atom. The number of nitrogens with zero attached hydrogens (tertiary/aromatic N) is 2. The SMILES string of the molecule is O=C(O)CCCNC(=O)NCc1nc(-c2cccc(Cl)c2)no1. The van der Waals surface area contributed by atoms with E-state index in [1.165, 1.54) is 0 Å². The van der Waals surface area contributed by atoms with Gasteiger partial charge in [-0.2, -0.15) is 4.98 Å². The van der Waals surface area contributed by atoms with Crippen molar-refractivity contribution < 1.29 is 19.2 Å². The quantitative estimate of drug-likeness (QED) is 0.665. The number of hydrogen-bond acceptors (Lipinski definition) is 5. The lowest BCUT2D eigenvalue weighted by atomic mass is 10.2. The molecule has 0 atom stereocenters. The number of benzene rings is 1. The smallest absolute Gasteiger partial charge is 0.315 e. The highest BCUT2D eigenvalue weighted by Crippen LogP contribution is 2.19. The number of nitrogens with one attached hydrogen (secondary N) is 2. The Labute approximate surface area is 136 Å². The summed E-state index contributed by atoms with van der Waals surface area (Å²) in [4.78, 5) is 26.0. The van der Waals surface area contributed by atoms with Gasteiger partial charge in [-0.15, -0.1) is 0 Å². The molecule has 0 radical (unpaired) electrons. The van der Waals surface area contributed by atoms with Crippen LogP contribution in [0.5, 0.6) is 0 Å². The highest BCUT2D eigenvalue weighted by atomic mass is 35.5. The highest BCUT2D eigenvalue weighted by Gasteiger charge is 2.10. The zero-order valence-electron chi connectivity index (χ0n) is 12.1. The van der Waals surface area contributed by atoms with Gasteiger partial charge in [0.1, 0.15) is 0 Å². The van der Waals surface area contributed by atoms with E-state index in [0.29, 0.717) is 22.8 Å². The summed E-state index contributed by atoms with van der Waals surface area (Å²) in [5, 5.41) is 17.9. The van der Waals surface area contributed by atoms with Gasteiger partial charge in [0.15, 0.2) is 0 Å². The maximum absolute atomic E-state index is 11.5. The molecule has 0 aliphatic carbocycles. The van der Waals surface area contributed by atoms with Crippen LogP contribution in [0, 0.1) is 0 Å². The van der Waals surface area contributed by atoms with Crippen molar-refractivity contribution in [1.29, 1.82) is 0 Å². The van der Waals surface area contributed by atoms with E-state index in [1.54, 1.807) is 24.3 Å². The van der Waals surface area contributed by atoms with E-state index in [9.17, 15) is 9.59 Å². The Morgan fingerprint density at radius 2 is 2.13 bits per heavy atom. The van der Waals surface area contributed by atoms with Crippen LogP contribution >= 0.6 is 11.6 Å². The third-order valence-electron chi connectivity index (χ3n) is 2.80. The molecule has 0 aliphatic rings. The number of amides is 2. The minimum atomic E-state index is -0.897. The molecule has 0 saturated heterocycles. The van der Waals surface area contributed by atoms with Crippen LogP contribution < -0.4 is 10.6 Å². The molecule has 2 rings (SSSR count). The average molecular weight is 339 g/mol. The summed E-state index contributed by atoms with van der Waals surface area (Å²) in [6.45, 7) is 0.341. The highest BCUT2D eigenvalue weighted by molar-refractivity contribution is 6.30. The molecule has 1 aromatic carbocycles. The van der Waals surface area contributed by atoms with Crippen molar-refractivity contribution in [3.05, 3.63) is 35.2 Å². The van der Waals surface area contributed by atoms with E-state index < -0.39 is 12.0 Å². The minimum Gasteiger partial charge on any atom is -0.481 e. The molecule has 8 nitrogen and oxygen atoms in total. The van der Waals surface area contributed by atoms with Crippen molar-refractivity contribution >= 4 is 23.6 Å². The molecular formula is C14H15ClN4O4. The molecule has 0 aliphatic heterocycles. The van der Waals surface area contributed by atoms with Crippen molar-refractivity contribution in [3.8, 4) is 11.4 Å². The fourth-order valence-electron chi connectivity index (χ4n) is 1.73. The molecular weight excluding hydrogens is 324 g/mol. The predicted octanol–water partition coefficient (Wildman–Crippen LogP) is 2.05. The molecule has 0 unspecified atom stereocenters. The molecule has 1 aromatic heterocycles. The Kier molecular flexibility index (Phi) is 5.93. The maximum Gasteiger partial charge on any atom is 0.315 e. The maximum atomic E-state index is 11.5. The lowest BCUT2D eigenvalue weighted by Gasteiger charge is -2.04. The number of hydrogen-bond donors (Lipinski definition) is 3. The van der Waals surface area contributed by atoms with Crippen molar-refractivity contribution in [1.82, 2.24) is 20.8 Å². The second kappa shape index (κ2) is 8.14. The Morgan fingerprint density at radius 3 is 2.87 bits per heavy atom. The summed E-state index contributed by atoms with van der Waals surface area (Å²) in [6.07, 6.45) is 0.370. The van der Waals surface area contributed by atoms with Gasteiger partial charge in [-0.05, 0) is 18.6 Å². The van der Waals surface area contributed by atoms with Crippen LogP contribution in [0.25, 0.3) is 11.4 Å². The molecule has 2 amide bonds. The molecule has 0 saturated carbocycles. The third-order valence-corrected chi connectivity index (χ3v) is 3.04. The zero-order chi connectivity index (χ0) is 16.7. The van der Waals surface area contributed by atoms with E-state index in [-0.39, 0.29) is 25.4 Å². The van der Waals surface area contributed by atoms with Gasteiger partial charge in [-0.3, -0.25) is 4.79 Å². The van der Waals surface area contributed by atoms with Gasteiger partial charge < -0.3 is 20.3 Å². The van der Waals surface area contributed by atoms with Crippen molar-refractivity contribution in [2.24, 2.45) is 0 Å². The fourth-order valence-corrected chi connectivity index (χ4v) is 1.92. The van der Waals surface area contributed by atoms with E-state index in [1.807, 2.05) is 0 Å². The van der Waals surface area contributed by atoms with Crippen LogP contribution in [-0.2, 0) is 11.3 Å². The predicted molar refractivity (Wildman–Crippen MR) is 81.9 cm³/mol. The zero-order valence-corrected chi connectivity index (χ0v) is 12.8. The largest absolute Gasteiger partial charge is 0.481 e.